The van der Waals surface area contributed by atoms with E-state index >= 15 is 0 Å². The summed E-state index contributed by atoms with van der Waals surface area (Å²) in [5.41, 5.74) is 0.515. The summed E-state index contributed by atoms with van der Waals surface area (Å²) < 4.78 is 28.1. The van der Waals surface area contributed by atoms with E-state index in [1.807, 2.05) is 51.1 Å². The highest BCUT2D eigenvalue weighted by Crippen LogP contribution is 2.38. The average Bonchev–Trinajstić information content (AvgIpc) is 3.52. The van der Waals surface area contributed by atoms with Crippen LogP contribution in [-0.2, 0) is 11.3 Å². The molecule has 204 valence electrons. The molecular formula is C29H36N2O7. The van der Waals surface area contributed by atoms with Crippen LogP contribution in [0.25, 0.3) is 11.0 Å². The van der Waals surface area contributed by atoms with Crippen LogP contribution in [0.1, 0.15) is 49.7 Å². The fraction of sp³-hybridized carbons (Fsp3) is 0.448. The monoisotopic (exact) mass is 524 g/mol. The third kappa shape index (κ3) is 5.98. The first kappa shape index (κ1) is 27.2. The van der Waals surface area contributed by atoms with Gasteiger partial charge < -0.3 is 33.2 Å². The van der Waals surface area contributed by atoms with Crippen LogP contribution >= 0.6 is 0 Å². The molecule has 1 unspecified atom stereocenters. The molecule has 2 amide bonds. The molecule has 0 N–H and O–H groups in total. The van der Waals surface area contributed by atoms with Gasteiger partial charge in [-0.05, 0) is 57.9 Å². The van der Waals surface area contributed by atoms with E-state index in [1.54, 1.807) is 21.9 Å². The molecule has 1 saturated heterocycles. The molecule has 2 aromatic carbocycles. The van der Waals surface area contributed by atoms with Crippen molar-refractivity contribution < 1.29 is 33.0 Å². The van der Waals surface area contributed by atoms with E-state index in [9.17, 15) is 9.59 Å². The van der Waals surface area contributed by atoms with Crippen molar-refractivity contribution in [2.45, 2.75) is 51.8 Å². The lowest BCUT2D eigenvalue weighted by Gasteiger charge is -2.32. The van der Waals surface area contributed by atoms with Gasteiger partial charge in [-0.25, -0.2) is 4.79 Å². The topological polar surface area (TPSA) is 90.7 Å². The van der Waals surface area contributed by atoms with Gasteiger partial charge in [0.1, 0.15) is 16.9 Å². The zero-order chi connectivity index (χ0) is 27.4. The molecule has 0 saturated carbocycles. The molecule has 1 atom stereocenters. The number of carbonyl (C=O) groups excluding carboxylic acids is 2. The van der Waals surface area contributed by atoms with Crippen molar-refractivity contribution in [3.05, 3.63) is 53.8 Å². The van der Waals surface area contributed by atoms with E-state index in [2.05, 4.69) is 0 Å². The maximum Gasteiger partial charge on any atom is 0.410 e. The number of methoxy groups -OCH3 is 3. The molecule has 0 bridgehead atoms. The quantitative estimate of drug-likeness (QED) is 0.384. The number of para-hydroxylation sites is 1. The summed E-state index contributed by atoms with van der Waals surface area (Å²) in [5.74, 6) is 1.57. The fourth-order valence-corrected chi connectivity index (χ4v) is 4.75. The zero-order valence-electron chi connectivity index (χ0n) is 22.9. The summed E-state index contributed by atoms with van der Waals surface area (Å²) in [5, 5.41) is 0.957. The molecule has 9 nitrogen and oxygen atoms in total. The zero-order valence-corrected chi connectivity index (χ0v) is 22.9. The highest BCUT2D eigenvalue weighted by molar-refractivity contribution is 5.95. The average molecular weight is 525 g/mol. The van der Waals surface area contributed by atoms with Crippen LogP contribution < -0.4 is 14.2 Å². The maximum atomic E-state index is 14.0. The number of nitrogens with zero attached hydrogens (tertiary/aromatic N) is 2. The Morgan fingerprint density at radius 3 is 2.32 bits per heavy atom. The summed E-state index contributed by atoms with van der Waals surface area (Å²) in [7, 11) is 4.53. The first-order valence-corrected chi connectivity index (χ1v) is 12.7. The second-order valence-electron chi connectivity index (χ2n) is 10.3. The van der Waals surface area contributed by atoms with E-state index in [-0.39, 0.29) is 24.6 Å². The van der Waals surface area contributed by atoms with Gasteiger partial charge in [0, 0.05) is 24.0 Å². The van der Waals surface area contributed by atoms with Crippen LogP contribution in [0.5, 0.6) is 17.2 Å². The predicted molar refractivity (Wildman–Crippen MR) is 143 cm³/mol. The lowest BCUT2D eigenvalue weighted by atomic mass is 10.1. The lowest BCUT2D eigenvalue weighted by Crippen LogP contribution is -2.46. The number of hydrogen-bond acceptors (Lipinski definition) is 7. The summed E-state index contributed by atoms with van der Waals surface area (Å²) in [4.78, 5) is 30.4. The van der Waals surface area contributed by atoms with Crippen LogP contribution in [0.2, 0.25) is 0 Å². The Bertz CT molecular complexity index is 1240. The summed E-state index contributed by atoms with van der Waals surface area (Å²) in [6, 6.07) is 12.7. The third-order valence-electron chi connectivity index (χ3n) is 6.46. The van der Waals surface area contributed by atoms with Gasteiger partial charge in [0.25, 0.3) is 5.91 Å². The molecule has 2 heterocycles. The van der Waals surface area contributed by atoms with E-state index in [1.165, 1.54) is 21.3 Å². The molecule has 1 aromatic heterocycles. The minimum Gasteiger partial charge on any atom is -0.493 e. The highest BCUT2D eigenvalue weighted by atomic mass is 16.6. The SMILES string of the molecule is COc1cc(C(=O)N(Cc2cc3ccccc3o2)CC2CCCN2C(=O)OC(C)(C)C)cc(OC)c1OC. The molecule has 4 rings (SSSR count). The van der Waals surface area contributed by atoms with Crippen molar-refractivity contribution in [1.82, 2.24) is 9.80 Å². The van der Waals surface area contributed by atoms with Gasteiger partial charge in [0.15, 0.2) is 11.5 Å². The molecular weight excluding hydrogens is 488 g/mol. The number of furan rings is 1. The van der Waals surface area contributed by atoms with Gasteiger partial charge >= 0.3 is 6.09 Å². The number of likely N-dealkylation sites (tertiary alicyclic amines) is 1. The van der Waals surface area contributed by atoms with Gasteiger partial charge in [-0.3, -0.25) is 4.79 Å². The van der Waals surface area contributed by atoms with E-state index in [0.717, 1.165) is 23.8 Å². The van der Waals surface area contributed by atoms with Gasteiger partial charge in [0.2, 0.25) is 5.75 Å². The highest BCUT2D eigenvalue weighted by Gasteiger charge is 2.35. The predicted octanol–water partition coefficient (Wildman–Crippen LogP) is 5.50. The summed E-state index contributed by atoms with van der Waals surface area (Å²) in [6.07, 6.45) is 1.23. The van der Waals surface area contributed by atoms with Crippen LogP contribution in [-0.4, -0.2) is 67.9 Å². The fourth-order valence-electron chi connectivity index (χ4n) is 4.75. The molecule has 38 heavy (non-hydrogen) atoms. The van der Waals surface area contributed by atoms with Crippen molar-refractivity contribution in [2.75, 3.05) is 34.4 Å². The Balaban J connectivity index is 1.67. The molecule has 1 aliphatic rings. The number of benzene rings is 2. The first-order chi connectivity index (χ1) is 18.1. The minimum absolute atomic E-state index is 0.194. The van der Waals surface area contributed by atoms with Crippen LogP contribution in [0.3, 0.4) is 0 Å². The van der Waals surface area contributed by atoms with Gasteiger partial charge in [-0.2, -0.15) is 0 Å². The van der Waals surface area contributed by atoms with Gasteiger partial charge in [-0.15, -0.1) is 0 Å². The normalized spacial score (nSPS) is 15.4. The Labute approximate surface area is 223 Å². The van der Waals surface area contributed by atoms with Crippen LogP contribution in [0, 0.1) is 0 Å². The molecule has 0 radical (unpaired) electrons. The minimum atomic E-state index is -0.607. The van der Waals surface area contributed by atoms with Crippen LogP contribution in [0.4, 0.5) is 4.79 Å². The number of fused-ring (bicyclic) bond motifs is 1. The second-order valence-corrected chi connectivity index (χ2v) is 10.3. The number of ether oxygens (including phenoxy) is 4. The maximum absolute atomic E-state index is 14.0. The number of hydrogen-bond donors (Lipinski definition) is 0. The molecule has 9 heteroatoms. The first-order valence-electron chi connectivity index (χ1n) is 12.7. The van der Waals surface area contributed by atoms with Gasteiger partial charge in [0.05, 0.1) is 33.9 Å². The van der Waals surface area contributed by atoms with Crippen molar-refractivity contribution in [2.24, 2.45) is 0 Å². The molecule has 1 aliphatic heterocycles. The number of rotatable bonds is 8. The van der Waals surface area contributed by atoms with Gasteiger partial charge in [-0.1, -0.05) is 18.2 Å². The molecule has 0 aliphatic carbocycles. The van der Waals surface area contributed by atoms with Crippen molar-refractivity contribution in [3.8, 4) is 17.2 Å². The number of carbonyl (C=O) groups is 2. The Morgan fingerprint density at radius 1 is 1.03 bits per heavy atom. The van der Waals surface area contributed by atoms with E-state index in [4.69, 9.17) is 23.4 Å². The van der Waals surface area contributed by atoms with E-state index < -0.39 is 5.60 Å². The van der Waals surface area contributed by atoms with Crippen molar-refractivity contribution >= 4 is 23.0 Å². The summed E-state index contributed by atoms with van der Waals surface area (Å²) >= 11 is 0. The number of amides is 2. The van der Waals surface area contributed by atoms with Crippen molar-refractivity contribution in [3.63, 3.8) is 0 Å². The Hall–Kier alpha value is -3.88. The Kier molecular flexibility index (Phi) is 8.04. The van der Waals surface area contributed by atoms with Crippen LogP contribution in [0.15, 0.2) is 46.9 Å². The standard InChI is InChI=1S/C29H36N2O7/c1-29(2,3)38-28(33)31-13-9-11-21(31)17-30(18-22-14-19-10-7-8-12-23(19)37-22)27(32)20-15-24(34-4)26(36-6)25(16-20)35-5/h7-8,10,12,14-16,21H,9,11,13,17-18H2,1-6H3. The Morgan fingerprint density at radius 2 is 1.71 bits per heavy atom. The second kappa shape index (κ2) is 11.2. The summed E-state index contributed by atoms with van der Waals surface area (Å²) in [6.45, 7) is 6.65. The van der Waals surface area contributed by atoms with E-state index in [0.29, 0.717) is 41.7 Å². The molecule has 0 spiro atoms. The van der Waals surface area contributed by atoms with Crippen molar-refractivity contribution in [1.29, 1.82) is 0 Å². The third-order valence-corrected chi connectivity index (χ3v) is 6.46. The lowest BCUT2D eigenvalue weighted by molar-refractivity contribution is 0.0187. The smallest absolute Gasteiger partial charge is 0.410 e. The largest absolute Gasteiger partial charge is 0.493 e. The molecule has 3 aromatic rings. The molecule has 1 fully saturated rings.